The number of hydrogen-bond donors (Lipinski definition) is 2. The van der Waals surface area contributed by atoms with E-state index in [0.29, 0.717) is 0 Å². The van der Waals surface area contributed by atoms with Crippen LogP contribution < -0.4 is 11.1 Å². The number of esters is 1. The molecule has 4 rings (SSSR count). The highest BCUT2D eigenvalue weighted by molar-refractivity contribution is 8.01. The SMILES string of the molecule is CCOC(=O)OC(C)OC(=O)[C@@H]1N2C(=O)[C@H](NC(=O)/C(=N\OC3CCCCC3)c3csc(N)n3)[C@H]2SC1(C)C. The second-order valence-electron chi connectivity index (χ2n) is 9.89. The molecule has 1 unspecified atom stereocenters. The molecule has 13 nitrogen and oxygen atoms in total. The van der Waals surface area contributed by atoms with Crippen LogP contribution in [0, 0.1) is 0 Å². The number of thioether (sulfide) groups is 1. The number of nitrogen functional groups attached to an aromatic ring is 1. The molecule has 2 aliphatic heterocycles. The van der Waals surface area contributed by atoms with Gasteiger partial charge in [0.05, 0.1) is 6.61 Å². The van der Waals surface area contributed by atoms with Crippen LogP contribution in [-0.4, -0.2) is 80.7 Å². The summed E-state index contributed by atoms with van der Waals surface area (Å²) >= 11 is 2.52. The molecule has 214 valence electrons. The number of anilines is 1. The summed E-state index contributed by atoms with van der Waals surface area (Å²) in [5.41, 5.74) is 5.96. The first-order valence-electron chi connectivity index (χ1n) is 12.8. The van der Waals surface area contributed by atoms with Gasteiger partial charge < -0.3 is 35.0 Å². The number of nitrogens with two attached hydrogens (primary N) is 1. The van der Waals surface area contributed by atoms with Gasteiger partial charge in [0, 0.05) is 17.1 Å². The molecule has 1 aromatic heterocycles. The Morgan fingerprint density at radius 2 is 1.97 bits per heavy atom. The van der Waals surface area contributed by atoms with Crippen molar-refractivity contribution in [1.82, 2.24) is 15.2 Å². The molecule has 15 heteroatoms. The van der Waals surface area contributed by atoms with Crippen LogP contribution in [0.4, 0.5) is 9.93 Å². The molecule has 1 aliphatic carbocycles. The lowest BCUT2D eigenvalue weighted by atomic mass is 9.96. The van der Waals surface area contributed by atoms with Crippen LogP contribution in [0.1, 0.15) is 65.5 Å². The van der Waals surface area contributed by atoms with Gasteiger partial charge in [-0.25, -0.2) is 14.6 Å². The molecule has 3 fully saturated rings. The monoisotopic (exact) mass is 583 g/mol. The molecule has 3 aliphatic rings. The number of carbonyl (C=O) groups excluding carboxylic acids is 4. The zero-order valence-electron chi connectivity index (χ0n) is 22.2. The summed E-state index contributed by atoms with van der Waals surface area (Å²) in [5, 5.41) is 8.22. The van der Waals surface area contributed by atoms with E-state index in [4.69, 9.17) is 24.8 Å². The first-order valence-corrected chi connectivity index (χ1v) is 14.6. The number of amides is 2. The van der Waals surface area contributed by atoms with Gasteiger partial charge in [0.15, 0.2) is 10.8 Å². The first-order chi connectivity index (χ1) is 18.5. The van der Waals surface area contributed by atoms with Gasteiger partial charge in [-0.3, -0.25) is 9.59 Å². The number of aromatic nitrogens is 1. The summed E-state index contributed by atoms with van der Waals surface area (Å²) in [5.74, 6) is -1.81. The molecule has 0 radical (unpaired) electrons. The minimum Gasteiger partial charge on any atom is -0.435 e. The molecule has 4 atom stereocenters. The molecule has 3 N–H and O–H groups in total. The van der Waals surface area contributed by atoms with Crippen molar-refractivity contribution < 1.29 is 38.2 Å². The standard InChI is InChI=1S/C24H33N5O8S2/c1-5-34-23(33)36-12(2)35-21(32)17-24(3,4)39-20-16(19(31)29(17)20)27-18(30)15(14-11-38-22(25)26-14)28-37-13-9-7-6-8-10-13/h11-13,16-17,20H,5-10H2,1-4H3,(H2,25,26)(H,27,30)/b28-15-/t12?,16-,17-,20+/m0/s1. The third-order valence-corrected chi connectivity index (χ3v) is 8.83. The third-order valence-electron chi connectivity index (χ3n) is 6.58. The van der Waals surface area contributed by atoms with Crippen molar-refractivity contribution in [3.05, 3.63) is 11.1 Å². The minimum atomic E-state index is -1.21. The van der Waals surface area contributed by atoms with Crippen molar-refractivity contribution in [2.45, 2.75) is 94.4 Å². The van der Waals surface area contributed by atoms with Crippen LogP contribution in [0.5, 0.6) is 0 Å². The lowest BCUT2D eigenvalue weighted by Crippen LogP contribution is -2.71. The zero-order valence-corrected chi connectivity index (χ0v) is 23.8. The predicted molar refractivity (Wildman–Crippen MR) is 143 cm³/mol. The number of nitrogens with one attached hydrogen (secondary N) is 1. The smallest absolute Gasteiger partial charge is 0.435 e. The fraction of sp³-hybridized carbons (Fsp3) is 0.667. The lowest BCUT2D eigenvalue weighted by molar-refractivity contribution is -0.180. The summed E-state index contributed by atoms with van der Waals surface area (Å²) in [7, 11) is 0. The maximum atomic E-state index is 13.3. The number of oxime groups is 1. The molecule has 3 heterocycles. The Morgan fingerprint density at radius 3 is 2.62 bits per heavy atom. The van der Waals surface area contributed by atoms with E-state index in [1.54, 1.807) is 26.2 Å². The van der Waals surface area contributed by atoms with Gasteiger partial charge in [-0.15, -0.1) is 23.1 Å². The Kier molecular flexibility index (Phi) is 8.89. The van der Waals surface area contributed by atoms with Crippen molar-refractivity contribution in [3.63, 3.8) is 0 Å². The highest BCUT2D eigenvalue weighted by Crippen LogP contribution is 2.51. The average molecular weight is 584 g/mol. The Labute approximate surface area is 234 Å². The molecule has 0 spiro atoms. The minimum absolute atomic E-state index is 0.0667. The first kappa shape index (κ1) is 28.9. The summed E-state index contributed by atoms with van der Waals surface area (Å²) in [6.45, 7) is 6.70. The van der Waals surface area contributed by atoms with Crippen LogP contribution in [0.2, 0.25) is 0 Å². The van der Waals surface area contributed by atoms with E-state index in [1.807, 2.05) is 0 Å². The van der Waals surface area contributed by atoms with Crippen molar-refractivity contribution in [1.29, 1.82) is 0 Å². The van der Waals surface area contributed by atoms with Gasteiger partial charge in [-0.1, -0.05) is 11.6 Å². The fourth-order valence-electron chi connectivity index (χ4n) is 4.77. The lowest BCUT2D eigenvalue weighted by Gasteiger charge is -2.44. The second kappa shape index (κ2) is 12.0. The maximum absolute atomic E-state index is 13.3. The summed E-state index contributed by atoms with van der Waals surface area (Å²) in [4.78, 5) is 62.3. The van der Waals surface area contributed by atoms with Crippen molar-refractivity contribution in [2.24, 2.45) is 5.16 Å². The van der Waals surface area contributed by atoms with Gasteiger partial charge in [0.1, 0.15) is 29.3 Å². The molecule has 2 saturated heterocycles. The highest BCUT2D eigenvalue weighted by Gasteiger charge is 2.64. The summed E-state index contributed by atoms with van der Waals surface area (Å²) < 4.78 is 14.1. The molecule has 2 amide bonds. The molecule has 1 saturated carbocycles. The number of carbonyl (C=O) groups is 4. The van der Waals surface area contributed by atoms with Gasteiger partial charge in [0.25, 0.3) is 5.91 Å². The zero-order chi connectivity index (χ0) is 28.3. The number of ether oxygens (including phenoxy) is 3. The van der Waals surface area contributed by atoms with Gasteiger partial charge in [-0.05, 0) is 46.5 Å². The third kappa shape index (κ3) is 6.40. The number of fused-ring (bicyclic) bond motifs is 1. The molecule has 39 heavy (non-hydrogen) atoms. The van der Waals surface area contributed by atoms with Crippen LogP contribution >= 0.6 is 23.1 Å². The number of β-lactam (4-membered cyclic amide) rings is 1. The van der Waals surface area contributed by atoms with E-state index in [1.165, 1.54) is 23.6 Å². The van der Waals surface area contributed by atoms with Crippen molar-refractivity contribution in [3.8, 4) is 0 Å². The summed E-state index contributed by atoms with van der Waals surface area (Å²) in [6.07, 6.45) is 2.63. The quantitative estimate of drug-likeness (QED) is 0.144. The molecule has 0 aromatic carbocycles. The summed E-state index contributed by atoms with van der Waals surface area (Å²) in [6, 6.07) is -1.86. The van der Waals surface area contributed by atoms with Crippen LogP contribution in [0.3, 0.4) is 0 Å². The van der Waals surface area contributed by atoms with Crippen LogP contribution in [0.25, 0.3) is 0 Å². The van der Waals surface area contributed by atoms with E-state index < -0.39 is 52.4 Å². The molecular weight excluding hydrogens is 550 g/mol. The molecule has 1 aromatic rings. The average Bonchev–Trinajstić information content (AvgIpc) is 3.41. The molecule has 0 bridgehead atoms. The normalized spacial score (nSPS) is 25.2. The molecular formula is C24H33N5O8S2. The topological polar surface area (TPSA) is 172 Å². The second-order valence-corrected chi connectivity index (χ2v) is 12.6. The predicted octanol–water partition coefficient (Wildman–Crippen LogP) is 2.39. The van der Waals surface area contributed by atoms with Gasteiger partial charge in [-0.2, -0.15) is 0 Å². The largest absolute Gasteiger partial charge is 0.511 e. The van der Waals surface area contributed by atoms with Crippen molar-refractivity contribution >= 4 is 57.9 Å². The number of thiazole rings is 1. The van der Waals surface area contributed by atoms with Gasteiger partial charge in [0.2, 0.25) is 12.2 Å². The Balaban J connectivity index is 1.43. The van der Waals surface area contributed by atoms with E-state index in [9.17, 15) is 19.2 Å². The number of rotatable bonds is 9. The Morgan fingerprint density at radius 1 is 1.26 bits per heavy atom. The van der Waals surface area contributed by atoms with Gasteiger partial charge >= 0.3 is 12.1 Å². The van der Waals surface area contributed by atoms with E-state index in [0.717, 1.165) is 43.4 Å². The number of hydrogen-bond acceptors (Lipinski definition) is 13. The maximum Gasteiger partial charge on any atom is 0.511 e. The van der Waals surface area contributed by atoms with Crippen molar-refractivity contribution in [2.75, 3.05) is 12.3 Å². The fourth-order valence-corrected chi connectivity index (χ4v) is 6.94. The van der Waals surface area contributed by atoms with Crippen LogP contribution in [0.15, 0.2) is 10.5 Å². The Bertz CT molecular complexity index is 1140. The van der Waals surface area contributed by atoms with Crippen LogP contribution in [-0.2, 0) is 33.4 Å². The van der Waals surface area contributed by atoms with E-state index in [-0.39, 0.29) is 29.2 Å². The number of nitrogens with zero attached hydrogens (tertiary/aromatic N) is 3. The highest BCUT2D eigenvalue weighted by atomic mass is 32.2. The van der Waals surface area contributed by atoms with E-state index in [2.05, 4.69) is 15.5 Å². The van der Waals surface area contributed by atoms with E-state index >= 15 is 0 Å². The Hall–Kier alpha value is -3.07.